The number of benzene rings is 2. The summed E-state index contributed by atoms with van der Waals surface area (Å²) in [4.78, 5) is 0. The molecule has 0 saturated heterocycles. The Hall–Kier alpha value is 1.45. The molecular formula is C13H7AlBr6O2. The number of halogens is 6. The van der Waals surface area contributed by atoms with Gasteiger partial charge in [0.05, 0.1) is 17.9 Å². The van der Waals surface area contributed by atoms with E-state index in [-0.39, 0.29) is 0 Å². The Morgan fingerprint density at radius 1 is 0.636 bits per heavy atom. The van der Waals surface area contributed by atoms with Crippen LogP contribution in [0.25, 0.3) is 0 Å². The maximum atomic E-state index is 6.02. The zero-order chi connectivity index (χ0) is 16.4. The molecule has 0 atom stereocenters. The molecular weight excluding hydrogens is 695 g/mol. The standard InChI is InChI=1S/2C6H3Br3O.CH3.Al/c2*7-3-1-4(8)6(10)5(9)2-3;;/h2*1-2,10H;1H3;/q;;;+2/p-2. The van der Waals surface area contributed by atoms with Gasteiger partial charge in [-0.15, -0.1) is 0 Å². The number of hydrogen-bond acceptors (Lipinski definition) is 2. The summed E-state index contributed by atoms with van der Waals surface area (Å²) in [6.07, 6.45) is 0. The van der Waals surface area contributed by atoms with Crippen LogP contribution in [0, 0.1) is 0 Å². The minimum absolute atomic E-state index is 0.742. The molecule has 9 heteroatoms. The van der Waals surface area contributed by atoms with Gasteiger partial charge >= 0.3 is 14.8 Å². The van der Waals surface area contributed by atoms with Crippen LogP contribution in [-0.2, 0) is 0 Å². The fraction of sp³-hybridized carbons (Fsp3) is 0.0769. The molecule has 0 aromatic heterocycles. The zero-order valence-electron chi connectivity index (χ0n) is 11.0. The molecule has 0 aliphatic rings. The summed E-state index contributed by atoms with van der Waals surface area (Å²) in [6.45, 7) is 0. The highest BCUT2D eigenvalue weighted by Crippen LogP contribution is 2.39. The lowest BCUT2D eigenvalue weighted by atomic mass is 10.3. The van der Waals surface area contributed by atoms with E-state index in [1.54, 1.807) is 0 Å². The third-order valence-corrected chi connectivity index (χ3v) is 6.90. The minimum Gasteiger partial charge on any atom is -0.610 e. The monoisotopic (exact) mass is 696 g/mol. The lowest BCUT2D eigenvalue weighted by Crippen LogP contribution is -2.26. The van der Waals surface area contributed by atoms with Crippen LogP contribution in [-0.4, -0.2) is 14.8 Å². The Morgan fingerprint density at radius 2 is 0.909 bits per heavy atom. The summed E-state index contributed by atoms with van der Waals surface area (Å²) >= 11 is 19.0. The van der Waals surface area contributed by atoms with Crippen LogP contribution < -0.4 is 7.58 Å². The predicted octanol–water partition coefficient (Wildman–Crippen LogP) is 7.84. The Morgan fingerprint density at radius 3 is 1.18 bits per heavy atom. The largest absolute Gasteiger partial charge is 0.853 e. The second-order valence-corrected chi connectivity index (χ2v) is 11.1. The Labute approximate surface area is 184 Å². The molecule has 0 aliphatic heterocycles. The van der Waals surface area contributed by atoms with Gasteiger partial charge in [0.2, 0.25) is 0 Å². The van der Waals surface area contributed by atoms with E-state index in [0.29, 0.717) is 0 Å². The molecule has 0 saturated carbocycles. The maximum absolute atomic E-state index is 6.02. The van der Waals surface area contributed by atoms with Gasteiger partial charge in [0, 0.05) is 8.95 Å². The van der Waals surface area contributed by atoms with Crippen molar-refractivity contribution in [2.45, 2.75) is 5.79 Å². The Bertz CT molecular complexity index is 603. The van der Waals surface area contributed by atoms with Gasteiger partial charge in [0.1, 0.15) is 11.5 Å². The van der Waals surface area contributed by atoms with Gasteiger partial charge in [-0.2, -0.15) is 0 Å². The first-order valence-electron chi connectivity index (χ1n) is 5.90. The molecule has 2 nitrogen and oxygen atoms in total. The van der Waals surface area contributed by atoms with Gasteiger partial charge in [-0.3, -0.25) is 0 Å². The lowest BCUT2D eigenvalue weighted by Gasteiger charge is -2.18. The van der Waals surface area contributed by atoms with Gasteiger partial charge in [-0.05, 0) is 93.8 Å². The van der Waals surface area contributed by atoms with E-state index in [1.165, 1.54) is 0 Å². The fourth-order valence-corrected chi connectivity index (χ4v) is 8.44. The molecule has 2 aromatic rings. The highest BCUT2D eigenvalue weighted by atomic mass is 79.9. The SMILES string of the molecule is [CH3][Al]([O]c1c(Br)cc(Br)cc1Br)[O]c1c(Br)cc(Br)cc1Br. The minimum atomic E-state index is -1.95. The van der Waals surface area contributed by atoms with Crippen molar-refractivity contribution in [3.05, 3.63) is 51.1 Å². The van der Waals surface area contributed by atoms with Gasteiger partial charge in [0.15, 0.2) is 0 Å². The van der Waals surface area contributed by atoms with E-state index in [0.717, 1.165) is 38.3 Å². The van der Waals surface area contributed by atoms with Crippen LogP contribution in [0.5, 0.6) is 11.5 Å². The smallest absolute Gasteiger partial charge is 0.610 e. The van der Waals surface area contributed by atoms with Crippen molar-refractivity contribution in [1.29, 1.82) is 0 Å². The van der Waals surface area contributed by atoms with E-state index in [4.69, 9.17) is 7.58 Å². The van der Waals surface area contributed by atoms with Crippen LogP contribution in [0.1, 0.15) is 0 Å². The van der Waals surface area contributed by atoms with E-state index < -0.39 is 14.8 Å². The van der Waals surface area contributed by atoms with Gasteiger partial charge < -0.3 is 7.58 Å². The highest BCUT2D eigenvalue weighted by Gasteiger charge is 2.28. The van der Waals surface area contributed by atoms with Crippen molar-refractivity contribution in [2.75, 3.05) is 0 Å². The molecule has 2 rings (SSSR count). The van der Waals surface area contributed by atoms with E-state index in [1.807, 2.05) is 30.1 Å². The third kappa shape index (κ3) is 5.22. The Kier molecular flexibility index (Phi) is 7.82. The second kappa shape index (κ2) is 8.71. The first-order valence-corrected chi connectivity index (χ1v) is 12.8. The van der Waals surface area contributed by atoms with Crippen molar-refractivity contribution >= 4 is 110 Å². The molecule has 0 heterocycles. The van der Waals surface area contributed by atoms with E-state index >= 15 is 0 Å². The van der Waals surface area contributed by atoms with Gasteiger partial charge in [-0.25, -0.2) is 0 Å². The first-order chi connectivity index (χ1) is 10.3. The summed E-state index contributed by atoms with van der Waals surface area (Å²) in [5, 5.41) is 0. The molecule has 0 amide bonds. The fourth-order valence-electron chi connectivity index (χ4n) is 1.64. The van der Waals surface area contributed by atoms with Crippen LogP contribution in [0.3, 0.4) is 0 Å². The third-order valence-electron chi connectivity index (χ3n) is 2.49. The summed E-state index contributed by atoms with van der Waals surface area (Å²) in [5.41, 5.74) is 0. The lowest BCUT2D eigenvalue weighted by molar-refractivity contribution is 0.425. The molecule has 2 aromatic carbocycles. The summed E-state index contributed by atoms with van der Waals surface area (Å²) in [6, 6.07) is 7.75. The van der Waals surface area contributed by atoms with E-state index in [2.05, 4.69) is 95.6 Å². The molecule has 116 valence electrons. The number of rotatable bonds is 4. The quantitative estimate of drug-likeness (QED) is 0.303. The summed E-state index contributed by atoms with van der Waals surface area (Å²) in [5.74, 6) is 3.46. The van der Waals surface area contributed by atoms with Gasteiger partial charge in [-0.1, -0.05) is 31.9 Å². The molecule has 0 fully saturated rings. The highest BCUT2D eigenvalue weighted by molar-refractivity contribution is 9.12. The second-order valence-electron chi connectivity index (χ2n) is 4.20. The zero-order valence-corrected chi connectivity index (χ0v) is 21.6. The molecule has 0 radical (unpaired) electrons. The maximum Gasteiger partial charge on any atom is 0.853 e. The van der Waals surface area contributed by atoms with Crippen LogP contribution in [0.2, 0.25) is 5.79 Å². The molecule has 0 spiro atoms. The van der Waals surface area contributed by atoms with Crippen molar-refractivity contribution in [3.8, 4) is 11.5 Å². The molecule has 0 unspecified atom stereocenters. The first kappa shape index (κ1) is 19.8. The average Bonchev–Trinajstić information content (AvgIpc) is 2.38. The van der Waals surface area contributed by atoms with Crippen molar-refractivity contribution in [2.24, 2.45) is 0 Å². The topological polar surface area (TPSA) is 18.5 Å². The summed E-state index contributed by atoms with van der Waals surface area (Å²) in [7, 11) is 0. The van der Waals surface area contributed by atoms with Crippen molar-refractivity contribution in [1.82, 2.24) is 0 Å². The van der Waals surface area contributed by atoms with Crippen molar-refractivity contribution < 1.29 is 7.58 Å². The number of hydrogen-bond donors (Lipinski definition) is 0. The predicted molar refractivity (Wildman–Crippen MR) is 112 cm³/mol. The van der Waals surface area contributed by atoms with Gasteiger partial charge in [0.25, 0.3) is 0 Å². The molecule has 0 bridgehead atoms. The normalized spacial score (nSPS) is 10.5. The molecule has 0 N–H and O–H groups in total. The summed E-state index contributed by atoms with van der Waals surface area (Å²) < 4.78 is 17.4. The van der Waals surface area contributed by atoms with Crippen molar-refractivity contribution in [3.63, 3.8) is 0 Å². The van der Waals surface area contributed by atoms with Crippen LogP contribution in [0.15, 0.2) is 51.1 Å². The van der Waals surface area contributed by atoms with Crippen LogP contribution in [0.4, 0.5) is 0 Å². The molecule has 0 aliphatic carbocycles. The van der Waals surface area contributed by atoms with E-state index in [9.17, 15) is 0 Å². The van der Waals surface area contributed by atoms with Crippen LogP contribution >= 0.6 is 95.6 Å². The molecule has 22 heavy (non-hydrogen) atoms. The Balaban J connectivity index is 2.19. The average molecular weight is 702 g/mol.